The average molecular weight is 431 g/mol. The number of ketones is 1. The van der Waals surface area contributed by atoms with Crippen LogP contribution in [0, 0.1) is 10.4 Å². The van der Waals surface area contributed by atoms with Crippen LogP contribution in [0.25, 0.3) is 0 Å². The summed E-state index contributed by atoms with van der Waals surface area (Å²) in [6, 6.07) is 24.3. The summed E-state index contributed by atoms with van der Waals surface area (Å²) in [5, 5.41) is 13.6. The van der Waals surface area contributed by atoms with Gasteiger partial charge in [-0.3, -0.25) is 14.4 Å². The van der Waals surface area contributed by atoms with E-state index in [9.17, 15) is 14.4 Å². The number of Topliss-reactive ketones (excluding diaryl/α,β-unsaturated/α-hetero) is 1. The van der Waals surface area contributed by atoms with Crippen LogP contribution in [0.3, 0.4) is 0 Å². The largest absolute Gasteiger partial charge is 0.488 e. The van der Waals surface area contributed by atoms with Gasteiger partial charge in [0.05, 0.1) is 12.5 Å². The molecule has 2 aromatic rings. The molecular weight excluding hydrogens is 406 g/mol. The summed E-state index contributed by atoms with van der Waals surface area (Å²) in [4.78, 5) is 33.6. The summed E-state index contributed by atoms with van der Waals surface area (Å²) in [6.45, 7) is 2.21. The Hall–Kier alpha value is -3.93. The highest BCUT2D eigenvalue weighted by Gasteiger charge is 2.17. The molecule has 0 aromatic heterocycles. The number of benzene rings is 3. The lowest BCUT2D eigenvalue weighted by atomic mass is 10.1. The van der Waals surface area contributed by atoms with Crippen molar-refractivity contribution in [1.82, 2.24) is 5.32 Å². The molecule has 1 amide bonds. The molecule has 6 heteroatoms. The van der Waals surface area contributed by atoms with E-state index < -0.39 is 12.0 Å². The Balaban J connectivity index is 0.000000185. The van der Waals surface area contributed by atoms with Gasteiger partial charge in [0.2, 0.25) is 0 Å². The van der Waals surface area contributed by atoms with Crippen molar-refractivity contribution in [2.24, 2.45) is 0 Å². The van der Waals surface area contributed by atoms with E-state index in [0.717, 1.165) is 5.75 Å². The molecular formula is C26H25NO5. The number of aliphatic carboxylic acids is 1. The first kappa shape index (κ1) is 22.7. The number of carboxylic acids is 1. The molecule has 0 saturated heterocycles. The minimum atomic E-state index is -1.02. The van der Waals surface area contributed by atoms with Crippen LogP contribution >= 0.6 is 0 Å². The number of hydrogen-bond acceptors (Lipinski definition) is 4. The highest BCUT2D eigenvalue weighted by molar-refractivity contribution is 5.98. The van der Waals surface area contributed by atoms with Gasteiger partial charge in [-0.2, -0.15) is 0 Å². The molecule has 0 aliphatic heterocycles. The first-order chi connectivity index (χ1) is 15.4. The molecule has 0 radical (unpaired) electrons. The molecule has 6 nitrogen and oxygen atoms in total. The number of amides is 1. The van der Waals surface area contributed by atoms with Gasteiger partial charge in [-0.1, -0.05) is 60.7 Å². The molecule has 32 heavy (non-hydrogen) atoms. The molecule has 4 rings (SSSR count). The van der Waals surface area contributed by atoms with Gasteiger partial charge in [0.1, 0.15) is 12.4 Å². The Labute approximate surface area is 186 Å². The van der Waals surface area contributed by atoms with Crippen molar-refractivity contribution in [3.8, 4) is 5.75 Å². The SMILES string of the molecule is CC(NC(=O)c1ccccc1)C(=O)CCC(=O)O.c1ccc(COc2cc3ccc2=3)cc1. The molecule has 2 aliphatic carbocycles. The van der Waals surface area contributed by atoms with Gasteiger partial charge in [-0.15, -0.1) is 0 Å². The van der Waals surface area contributed by atoms with Crippen LogP contribution in [0.5, 0.6) is 5.75 Å². The molecule has 1 unspecified atom stereocenters. The van der Waals surface area contributed by atoms with E-state index >= 15 is 0 Å². The van der Waals surface area contributed by atoms with E-state index in [1.54, 1.807) is 37.3 Å². The van der Waals surface area contributed by atoms with Gasteiger partial charge >= 0.3 is 5.97 Å². The standard InChI is InChI=1S/C13H15NO4.C13H10O/c1-9(11(15)7-8-12(16)17)14-13(18)10-5-3-2-4-6-10;1-2-4-10(5-3-1)9-14-13-8-11-6-7-12(11)13/h2-6,9H,7-8H2,1H3,(H,14,18)(H,16,17);1-8H,9H2. The van der Waals surface area contributed by atoms with E-state index in [1.165, 1.54) is 16.0 Å². The van der Waals surface area contributed by atoms with E-state index in [0.29, 0.717) is 12.2 Å². The summed E-state index contributed by atoms with van der Waals surface area (Å²) in [7, 11) is 0. The maximum Gasteiger partial charge on any atom is 0.303 e. The fourth-order valence-corrected chi connectivity index (χ4v) is 3.01. The summed E-state index contributed by atoms with van der Waals surface area (Å²) in [6.07, 6.45) is -0.296. The quantitative estimate of drug-likeness (QED) is 0.416. The molecule has 2 N–H and O–H groups in total. The van der Waals surface area contributed by atoms with Crippen LogP contribution in [-0.4, -0.2) is 28.8 Å². The lowest BCUT2D eigenvalue weighted by molar-refractivity contribution is -0.138. The number of carboxylic acid groups (broad SMARTS) is 1. The fraction of sp³-hybridized carbons (Fsp3) is 0.192. The molecule has 164 valence electrons. The molecule has 0 heterocycles. The zero-order chi connectivity index (χ0) is 22.9. The van der Waals surface area contributed by atoms with Crippen molar-refractivity contribution in [1.29, 1.82) is 0 Å². The smallest absolute Gasteiger partial charge is 0.303 e. The Morgan fingerprint density at radius 1 is 0.906 bits per heavy atom. The Morgan fingerprint density at radius 2 is 1.56 bits per heavy atom. The third-order valence-corrected chi connectivity index (χ3v) is 4.98. The van der Waals surface area contributed by atoms with Crippen LogP contribution < -0.4 is 10.1 Å². The second kappa shape index (κ2) is 10.9. The second-order valence-corrected chi connectivity index (χ2v) is 7.41. The van der Waals surface area contributed by atoms with Gasteiger partial charge in [0.15, 0.2) is 5.78 Å². The zero-order valence-electron chi connectivity index (χ0n) is 17.8. The van der Waals surface area contributed by atoms with Crippen molar-refractivity contribution < 1.29 is 24.2 Å². The Morgan fingerprint density at radius 3 is 2.09 bits per heavy atom. The van der Waals surface area contributed by atoms with Crippen LogP contribution in [0.4, 0.5) is 0 Å². The molecule has 0 bridgehead atoms. The Kier molecular flexibility index (Phi) is 7.75. The predicted octanol–water partition coefficient (Wildman–Crippen LogP) is 4.10. The fourth-order valence-electron chi connectivity index (χ4n) is 3.01. The number of carbonyl (C=O) groups excluding carboxylic acids is 2. The maximum atomic E-state index is 11.7. The van der Waals surface area contributed by atoms with Crippen LogP contribution in [-0.2, 0) is 16.2 Å². The molecule has 0 spiro atoms. The number of nitrogens with one attached hydrogen (secondary N) is 1. The van der Waals surface area contributed by atoms with Crippen molar-refractivity contribution in [2.45, 2.75) is 32.4 Å². The van der Waals surface area contributed by atoms with Crippen LogP contribution in [0.15, 0.2) is 78.9 Å². The van der Waals surface area contributed by atoms with E-state index in [-0.39, 0.29) is 24.5 Å². The number of ether oxygens (including phenoxy) is 1. The first-order valence-electron chi connectivity index (χ1n) is 10.4. The van der Waals surface area contributed by atoms with Gasteiger partial charge in [0.25, 0.3) is 5.91 Å². The summed E-state index contributed by atoms with van der Waals surface area (Å²) in [5.41, 5.74) is 1.68. The van der Waals surface area contributed by atoms with E-state index in [2.05, 4.69) is 35.6 Å². The predicted molar refractivity (Wildman–Crippen MR) is 120 cm³/mol. The topological polar surface area (TPSA) is 92.7 Å². The van der Waals surface area contributed by atoms with Crippen LogP contribution in [0.2, 0.25) is 0 Å². The molecule has 1 atom stereocenters. The first-order valence-corrected chi connectivity index (χ1v) is 10.4. The third kappa shape index (κ3) is 6.28. The summed E-state index contributed by atoms with van der Waals surface area (Å²) < 4.78 is 5.65. The number of carbonyl (C=O) groups is 3. The molecule has 2 aliphatic rings. The van der Waals surface area contributed by atoms with Gasteiger partial charge in [-0.25, -0.2) is 0 Å². The monoisotopic (exact) mass is 431 g/mol. The summed E-state index contributed by atoms with van der Waals surface area (Å²) in [5.74, 6) is -0.621. The Bertz CT molecular complexity index is 1180. The highest BCUT2D eigenvalue weighted by Crippen LogP contribution is 2.24. The molecule has 0 fully saturated rings. The summed E-state index contributed by atoms with van der Waals surface area (Å²) >= 11 is 0. The third-order valence-electron chi connectivity index (χ3n) is 4.98. The van der Waals surface area contributed by atoms with E-state index in [1.807, 2.05) is 18.2 Å². The average Bonchev–Trinajstić information content (AvgIpc) is 2.79. The van der Waals surface area contributed by atoms with Gasteiger partial charge < -0.3 is 15.2 Å². The van der Waals surface area contributed by atoms with E-state index in [4.69, 9.17) is 9.84 Å². The van der Waals surface area contributed by atoms with Crippen molar-refractivity contribution >= 4 is 17.7 Å². The molecule has 2 aromatic carbocycles. The second-order valence-electron chi connectivity index (χ2n) is 7.41. The number of hydrogen-bond donors (Lipinski definition) is 2. The lowest BCUT2D eigenvalue weighted by Crippen LogP contribution is -2.38. The normalized spacial score (nSPS) is 11.4. The maximum absolute atomic E-state index is 11.7. The van der Waals surface area contributed by atoms with Crippen LogP contribution in [0.1, 0.15) is 35.7 Å². The minimum Gasteiger partial charge on any atom is -0.488 e. The lowest BCUT2D eigenvalue weighted by Gasteiger charge is -2.12. The van der Waals surface area contributed by atoms with Crippen molar-refractivity contribution in [2.75, 3.05) is 0 Å². The zero-order valence-corrected chi connectivity index (χ0v) is 17.8. The van der Waals surface area contributed by atoms with Crippen molar-refractivity contribution in [3.05, 3.63) is 100 Å². The van der Waals surface area contributed by atoms with Gasteiger partial charge in [0, 0.05) is 17.2 Å². The van der Waals surface area contributed by atoms with Gasteiger partial charge in [-0.05, 0) is 35.9 Å². The molecule has 0 saturated carbocycles. The highest BCUT2D eigenvalue weighted by atomic mass is 16.5. The minimum absolute atomic E-state index is 0.0778. The van der Waals surface area contributed by atoms with Crippen molar-refractivity contribution in [3.63, 3.8) is 0 Å². The number of rotatable bonds is 9.